The number of carbonyl (C=O) groups excluding carboxylic acids is 1. The second-order valence-corrected chi connectivity index (χ2v) is 3.92. The number of carbonyl (C=O) groups is 1. The van der Waals surface area contributed by atoms with Crippen LogP contribution in [0.25, 0.3) is 0 Å². The molecule has 0 aliphatic heterocycles. The summed E-state index contributed by atoms with van der Waals surface area (Å²) < 4.78 is 6.59. The van der Waals surface area contributed by atoms with Crippen molar-refractivity contribution in [2.45, 2.75) is 13.5 Å². The Morgan fingerprint density at radius 3 is 2.89 bits per heavy atom. The van der Waals surface area contributed by atoms with Crippen LogP contribution in [-0.4, -0.2) is 32.6 Å². The van der Waals surface area contributed by atoms with E-state index in [1.54, 1.807) is 24.0 Å². The van der Waals surface area contributed by atoms with E-state index >= 15 is 0 Å². The van der Waals surface area contributed by atoms with Crippen molar-refractivity contribution in [3.05, 3.63) is 54.1 Å². The minimum absolute atomic E-state index is 0.162. The molecule has 98 valence electrons. The van der Waals surface area contributed by atoms with Crippen molar-refractivity contribution >= 4 is 5.97 Å². The highest BCUT2D eigenvalue weighted by molar-refractivity contribution is 5.88. The first-order valence-electron chi connectivity index (χ1n) is 5.79. The summed E-state index contributed by atoms with van der Waals surface area (Å²) in [6.07, 6.45) is 4.93. The molecule has 0 bridgehead atoms. The molecule has 6 heteroatoms. The molecule has 0 saturated carbocycles. The summed E-state index contributed by atoms with van der Waals surface area (Å²) in [6.45, 7) is 5.97. The molecule has 0 fully saturated rings. The lowest BCUT2D eigenvalue weighted by molar-refractivity contribution is 0.0542. The predicted octanol–water partition coefficient (Wildman–Crippen LogP) is 1.37. The maximum absolute atomic E-state index is 11.7. The fourth-order valence-electron chi connectivity index (χ4n) is 1.56. The number of nitrogens with zero attached hydrogens (tertiary/aromatic N) is 4. The molecule has 0 spiro atoms. The minimum Gasteiger partial charge on any atom is -0.457 e. The van der Waals surface area contributed by atoms with Crippen LogP contribution in [0, 0.1) is 6.92 Å². The standard InChI is InChI=1S/C13H14N4O2/c1-3-8-19-13(18)12-10(2)17(16-15-12)9-11-4-6-14-7-5-11/h3-7H,1,8-9H2,2H3. The van der Waals surface area contributed by atoms with Crippen LogP contribution in [0.3, 0.4) is 0 Å². The van der Waals surface area contributed by atoms with Gasteiger partial charge in [-0.05, 0) is 24.6 Å². The van der Waals surface area contributed by atoms with Crippen molar-refractivity contribution in [2.24, 2.45) is 0 Å². The van der Waals surface area contributed by atoms with Gasteiger partial charge in [0.05, 0.1) is 12.2 Å². The van der Waals surface area contributed by atoms with E-state index in [-0.39, 0.29) is 12.3 Å². The molecule has 2 aromatic heterocycles. The van der Waals surface area contributed by atoms with Crippen LogP contribution in [0.2, 0.25) is 0 Å². The Morgan fingerprint density at radius 1 is 1.47 bits per heavy atom. The summed E-state index contributed by atoms with van der Waals surface area (Å²) in [5.74, 6) is -0.488. The fourth-order valence-corrected chi connectivity index (χ4v) is 1.56. The van der Waals surface area contributed by atoms with Gasteiger partial charge in [0, 0.05) is 12.4 Å². The first-order valence-corrected chi connectivity index (χ1v) is 5.79. The summed E-state index contributed by atoms with van der Waals surface area (Å²) in [6, 6.07) is 3.77. The zero-order valence-electron chi connectivity index (χ0n) is 10.6. The molecule has 0 unspecified atom stereocenters. The van der Waals surface area contributed by atoms with Gasteiger partial charge in [-0.1, -0.05) is 17.9 Å². The van der Waals surface area contributed by atoms with Crippen LogP contribution in [0.5, 0.6) is 0 Å². The SMILES string of the molecule is C=CCOC(=O)c1nnn(Cc2ccncc2)c1C. The van der Waals surface area contributed by atoms with E-state index in [1.807, 2.05) is 12.1 Å². The van der Waals surface area contributed by atoms with Gasteiger partial charge in [0.1, 0.15) is 6.61 Å². The molecule has 6 nitrogen and oxygen atoms in total. The van der Waals surface area contributed by atoms with Crippen LogP contribution in [0.1, 0.15) is 21.7 Å². The summed E-state index contributed by atoms with van der Waals surface area (Å²) in [4.78, 5) is 15.6. The first kappa shape index (κ1) is 12.9. The molecule has 0 aliphatic rings. The lowest BCUT2D eigenvalue weighted by Crippen LogP contribution is -2.09. The third-order valence-electron chi connectivity index (χ3n) is 2.59. The number of pyridine rings is 1. The zero-order valence-corrected chi connectivity index (χ0v) is 10.6. The zero-order chi connectivity index (χ0) is 13.7. The summed E-state index contributed by atoms with van der Waals surface area (Å²) in [5, 5.41) is 7.81. The lowest BCUT2D eigenvalue weighted by atomic mass is 10.2. The molecule has 0 radical (unpaired) electrons. The molecule has 2 heterocycles. The fraction of sp³-hybridized carbons (Fsp3) is 0.231. The molecule has 0 N–H and O–H groups in total. The average molecular weight is 258 g/mol. The third kappa shape index (κ3) is 3.04. The Bertz CT molecular complexity index is 578. The largest absolute Gasteiger partial charge is 0.457 e. The highest BCUT2D eigenvalue weighted by atomic mass is 16.5. The maximum atomic E-state index is 11.7. The molecule has 0 saturated heterocycles. The van der Waals surface area contributed by atoms with E-state index < -0.39 is 5.97 Å². The molecule has 0 aliphatic carbocycles. The molecule has 0 aromatic carbocycles. The topological polar surface area (TPSA) is 69.9 Å². The Balaban J connectivity index is 2.14. The second kappa shape index (κ2) is 5.90. The van der Waals surface area contributed by atoms with Crippen molar-refractivity contribution < 1.29 is 9.53 Å². The van der Waals surface area contributed by atoms with Crippen LogP contribution >= 0.6 is 0 Å². The van der Waals surface area contributed by atoms with E-state index in [2.05, 4.69) is 21.9 Å². The van der Waals surface area contributed by atoms with Gasteiger partial charge < -0.3 is 4.74 Å². The van der Waals surface area contributed by atoms with Crippen LogP contribution in [-0.2, 0) is 11.3 Å². The monoisotopic (exact) mass is 258 g/mol. The number of rotatable bonds is 5. The number of hydrogen-bond donors (Lipinski definition) is 0. The van der Waals surface area contributed by atoms with Gasteiger partial charge in [0.2, 0.25) is 0 Å². The molecule has 0 atom stereocenters. The number of aromatic nitrogens is 4. The van der Waals surface area contributed by atoms with Gasteiger partial charge in [0.15, 0.2) is 5.69 Å². The Hall–Kier alpha value is -2.50. The smallest absolute Gasteiger partial charge is 0.361 e. The van der Waals surface area contributed by atoms with Gasteiger partial charge in [-0.2, -0.15) is 0 Å². The first-order chi connectivity index (χ1) is 9.22. The van der Waals surface area contributed by atoms with Crippen molar-refractivity contribution in [1.82, 2.24) is 20.0 Å². The van der Waals surface area contributed by atoms with Gasteiger partial charge >= 0.3 is 5.97 Å². The summed E-state index contributed by atoms with van der Waals surface area (Å²) in [5.41, 5.74) is 1.94. The highest BCUT2D eigenvalue weighted by Gasteiger charge is 2.17. The van der Waals surface area contributed by atoms with Gasteiger partial charge in [-0.25, -0.2) is 9.48 Å². The lowest BCUT2D eigenvalue weighted by Gasteiger charge is -2.03. The Kier molecular flexibility index (Phi) is 4.02. The minimum atomic E-state index is -0.488. The van der Waals surface area contributed by atoms with E-state index in [0.717, 1.165) is 5.56 Å². The Labute approximate surface area is 110 Å². The summed E-state index contributed by atoms with van der Waals surface area (Å²) >= 11 is 0. The van der Waals surface area contributed by atoms with Gasteiger partial charge in [-0.3, -0.25) is 4.98 Å². The van der Waals surface area contributed by atoms with Crippen LogP contribution in [0.15, 0.2) is 37.2 Å². The van der Waals surface area contributed by atoms with Gasteiger partial charge in [0.25, 0.3) is 0 Å². The molecule has 0 amide bonds. The van der Waals surface area contributed by atoms with Crippen molar-refractivity contribution in [2.75, 3.05) is 6.61 Å². The van der Waals surface area contributed by atoms with Gasteiger partial charge in [-0.15, -0.1) is 5.10 Å². The van der Waals surface area contributed by atoms with Crippen molar-refractivity contribution in [3.8, 4) is 0 Å². The second-order valence-electron chi connectivity index (χ2n) is 3.92. The van der Waals surface area contributed by atoms with Crippen molar-refractivity contribution in [3.63, 3.8) is 0 Å². The third-order valence-corrected chi connectivity index (χ3v) is 2.59. The predicted molar refractivity (Wildman–Crippen MR) is 68.6 cm³/mol. The molecular weight excluding hydrogens is 244 g/mol. The summed E-state index contributed by atoms with van der Waals surface area (Å²) in [7, 11) is 0. The molecule has 2 rings (SSSR count). The molecule has 19 heavy (non-hydrogen) atoms. The Morgan fingerprint density at radius 2 is 2.21 bits per heavy atom. The number of hydrogen-bond acceptors (Lipinski definition) is 5. The quantitative estimate of drug-likeness (QED) is 0.598. The van der Waals surface area contributed by atoms with E-state index in [1.165, 1.54) is 6.08 Å². The normalized spacial score (nSPS) is 10.2. The van der Waals surface area contributed by atoms with Crippen LogP contribution in [0.4, 0.5) is 0 Å². The van der Waals surface area contributed by atoms with E-state index in [4.69, 9.17) is 4.74 Å². The van der Waals surface area contributed by atoms with E-state index in [0.29, 0.717) is 12.2 Å². The highest BCUT2D eigenvalue weighted by Crippen LogP contribution is 2.08. The van der Waals surface area contributed by atoms with Crippen molar-refractivity contribution in [1.29, 1.82) is 0 Å². The van der Waals surface area contributed by atoms with E-state index in [9.17, 15) is 4.79 Å². The molecule has 2 aromatic rings. The number of ether oxygens (including phenoxy) is 1. The maximum Gasteiger partial charge on any atom is 0.361 e. The molecular formula is C13H14N4O2. The number of esters is 1. The van der Waals surface area contributed by atoms with Crippen LogP contribution < -0.4 is 0 Å². The average Bonchev–Trinajstić information content (AvgIpc) is 2.79.